The van der Waals surface area contributed by atoms with Gasteiger partial charge in [-0.3, -0.25) is 4.79 Å². The second kappa shape index (κ2) is 5.69. The number of fused-ring (bicyclic) bond motifs is 1. The predicted octanol–water partition coefficient (Wildman–Crippen LogP) is 4.82. The van der Waals surface area contributed by atoms with E-state index in [-0.39, 0.29) is 11.2 Å². The molecule has 1 aliphatic rings. The highest BCUT2D eigenvalue weighted by molar-refractivity contribution is 6.15. The molecule has 0 atom stereocenters. The number of hydrogen-bond donors (Lipinski definition) is 0. The summed E-state index contributed by atoms with van der Waals surface area (Å²) >= 11 is 0. The van der Waals surface area contributed by atoms with Crippen LogP contribution in [0.1, 0.15) is 47.8 Å². The summed E-state index contributed by atoms with van der Waals surface area (Å²) in [6.07, 6.45) is 2.67. The summed E-state index contributed by atoms with van der Waals surface area (Å²) in [5.41, 5.74) is 5.19. The molecule has 23 heavy (non-hydrogen) atoms. The van der Waals surface area contributed by atoms with Crippen molar-refractivity contribution in [3.8, 4) is 5.75 Å². The molecule has 2 aromatic carbocycles. The zero-order valence-electron chi connectivity index (χ0n) is 14.1. The third-order valence-corrected chi connectivity index (χ3v) is 4.35. The zero-order chi connectivity index (χ0) is 16.6. The predicted molar refractivity (Wildman–Crippen MR) is 94.1 cm³/mol. The summed E-state index contributed by atoms with van der Waals surface area (Å²) in [5.74, 6) is 0.926. The smallest absolute Gasteiger partial charge is 0.189 e. The van der Waals surface area contributed by atoms with Gasteiger partial charge in [0.15, 0.2) is 5.78 Å². The third-order valence-electron chi connectivity index (χ3n) is 4.35. The van der Waals surface area contributed by atoms with E-state index in [1.54, 1.807) is 7.11 Å². The topological polar surface area (TPSA) is 26.3 Å². The molecule has 0 amide bonds. The maximum Gasteiger partial charge on any atom is 0.189 e. The van der Waals surface area contributed by atoms with Gasteiger partial charge in [0.05, 0.1) is 7.11 Å². The number of carbonyl (C=O) groups is 1. The van der Waals surface area contributed by atoms with Crippen molar-refractivity contribution in [1.82, 2.24) is 0 Å². The highest BCUT2D eigenvalue weighted by Gasteiger charge is 2.25. The van der Waals surface area contributed by atoms with Crippen LogP contribution in [0.4, 0.5) is 0 Å². The Kier molecular flexibility index (Phi) is 3.85. The number of allylic oxidation sites excluding steroid dienone is 1. The van der Waals surface area contributed by atoms with E-state index in [1.807, 2.05) is 24.3 Å². The average molecular weight is 306 g/mol. The Morgan fingerprint density at radius 2 is 1.74 bits per heavy atom. The molecule has 1 aliphatic carbocycles. The lowest BCUT2D eigenvalue weighted by molar-refractivity contribution is 0.104. The fraction of sp³-hybridized carbons (Fsp3) is 0.286. The fourth-order valence-electron chi connectivity index (χ4n) is 2.92. The molecule has 2 nitrogen and oxygen atoms in total. The van der Waals surface area contributed by atoms with Crippen molar-refractivity contribution in [2.75, 3.05) is 7.11 Å². The van der Waals surface area contributed by atoms with E-state index < -0.39 is 0 Å². The maximum absolute atomic E-state index is 12.5. The number of carbonyl (C=O) groups excluding carboxylic acids is 1. The quantitative estimate of drug-likeness (QED) is 0.744. The lowest BCUT2D eigenvalue weighted by Crippen LogP contribution is -2.10. The van der Waals surface area contributed by atoms with Gasteiger partial charge in [0.1, 0.15) is 5.75 Å². The first-order valence-corrected chi connectivity index (χ1v) is 7.91. The Morgan fingerprint density at radius 3 is 2.35 bits per heavy atom. The first-order chi connectivity index (χ1) is 10.9. The van der Waals surface area contributed by atoms with Crippen LogP contribution in [0.3, 0.4) is 0 Å². The van der Waals surface area contributed by atoms with Gasteiger partial charge in [-0.15, -0.1) is 0 Å². The minimum absolute atomic E-state index is 0.127. The van der Waals surface area contributed by atoms with E-state index in [2.05, 4.69) is 45.0 Å². The third kappa shape index (κ3) is 3.07. The molecule has 0 N–H and O–H groups in total. The zero-order valence-corrected chi connectivity index (χ0v) is 14.1. The van der Waals surface area contributed by atoms with E-state index in [9.17, 15) is 4.79 Å². The normalized spacial score (nSPS) is 15.8. The van der Waals surface area contributed by atoms with Gasteiger partial charge >= 0.3 is 0 Å². The summed E-state index contributed by atoms with van der Waals surface area (Å²) in [6, 6.07) is 14.1. The van der Waals surface area contributed by atoms with Crippen LogP contribution in [0.25, 0.3) is 6.08 Å². The van der Waals surface area contributed by atoms with E-state index in [0.29, 0.717) is 6.42 Å². The molecule has 0 radical (unpaired) electrons. The van der Waals surface area contributed by atoms with E-state index in [4.69, 9.17) is 4.74 Å². The molecule has 0 heterocycles. The molecule has 0 unspecified atom stereocenters. The van der Waals surface area contributed by atoms with Crippen molar-refractivity contribution in [3.63, 3.8) is 0 Å². The van der Waals surface area contributed by atoms with Gasteiger partial charge in [-0.1, -0.05) is 45.0 Å². The van der Waals surface area contributed by atoms with Crippen molar-refractivity contribution in [2.24, 2.45) is 0 Å². The van der Waals surface area contributed by atoms with Crippen molar-refractivity contribution in [3.05, 3.63) is 70.3 Å². The van der Waals surface area contributed by atoms with Crippen molar-refractivity contribution < 1.29 is 9.53 Å². The highest BCUT2D eigenvalue weighted by atomic mass is 16.5. The molecule has 0 saturated heterocycles. The van der Waals surface area contributed by atoms with Crippen LogP contribution in [-0.4, -0.2) is 12.9 Å². The number of hydrogen-bond acceptors (Lipinski definition) is 2. The first kappa shape index (κ1) is 15.5. The minimum Gasteiger partial charge on any atom is -0.497 e. The maximum atomic E-state index is 12.5. The van der Waals surface area contributed by atoms with Gasteiger partial charge in [0.2, 0.25) is 0 Å². The Morgan fingerprint density at radius 1 is 1.04 bits per heavy atom. The van der Waals surface area contributed by atoms with Crippen molar-refractivity contribution >= 4 is 11.9 Å². The van der Waals surface area contributed by atoms with Gasteiger partial charge in [-0.05, 0) is 46.4 Å². The van der Waals surface area contributed by atoms with Crippen molar-refractivity contribution in [1.29, 1.82) is 0 Å². The molecule has 118 valence electrons. The van der Waals surface area contributed by atoms with Crippen LogP contribution in [-0.2, 0) is 11.8 Å². The van der Waals surface area contributed by atoms with Gasteiger partial charge in [-0.25, -0.2) is 0 Å². The average Bonchev–Trinajstić information content (AvgIpc) is 2.82. The molecule has 2 heteroatoms. The number of benzene rings is 2. The lowest BCUT2D eigenvalue weighted by atomic mass is 9.86. The monoisotopic (exact) mass is 306 g/mol. The summed E-state index contributed by atoms with van der Waals surface area (Å²) in [7, 11) is 1.64. The molecule has 3 rings (SSSR count). The molecule has 0 bridgehead atoms. The van der Waals surface area contributed by atoms with Crippen LogP contribution in [0.5, 0.6) is 5.75 Å². The Bertz CT molecular complexity index is 774. The second-order valence-electron chi connectivity index (χ2n) is 7.07. The summed E-state index contributed by atoms with van der Waals surface area (Å²) in [4.78, 5) is 12.5. The van der Waals surface area contributed by atoms with E-state index >= 15 is 0 Å². The molecule has 0 aliphatic heterocycles. The van der Waals surface area contributed by atoms with Crippen LogP contribution >= 0.6 is 0 Å². The first-order valence-electron chi connectivity index (χ1n) is 7.91. The summed E-state index contributed by atoms with van der Waals surface area (Å²) in [6.45, 7) is 6.60. The molecule has 0 fully saturated rings. The van der Waals surface area contributed by atoms with Crippen LogP contribution in [0, 0.1) is 0 Å². The number of rotatable bonds is 2. The van der Waals surface area contributed by atoms with Gasteiger partial charge in [0, 0.05) is 17.6 Å². The molecular weight excluding hydrogens is 284 g/mol. The summed E-state index contributed by atoms with van der Waals surface area (Å²) < 4.78 is 5.24. The largest absolute Gasteiger partial charge is 0.497 e. The molecule has 0 spiro atoms. The highest BCUT2D eigenvalue weighted by Crippen LogP contribution is 2.31. The van der Waals surface area contributed by atoms with Crippen LogP contribution in [0.2, 0.25) is 0 Å². The lowest BCUT2D eigenvalue weighted by Gasteiger charge is -2.18. The number of Topliss-reactive ketones (excluding diaryl/α,β-unsaturated/α-hetero) is 1. The fourth-order valence-corrected chi connectivity index (χ4v) is 2.92. The van der Waals surface area contributed by atoms with Crippen molar-refractivity contribution in [2.45, 2.75) is 32.6 Å². The Hall–Kier alpha value is -2.35. The Balaban J connectivity index is 1.88. The summed E-state index contributed by atoms with van der Waals surface area (Å²) in [5, 5.41) is 0. The standard InChI is InChI=1S/C21H22O2/c1-21(2,3)17-7-5-14(6-8-17)11-16-12-15-13-18(23-4)9-10-19(15)20(16)22/h5-11,13H,12H2,1-4H3. The Labute approximate surface area is 137 Å². The molecule has 0 saturated carbocycles. The molecular formula is C21H22O2. The van der Waals surface area contributed by atoms with E-state index in [1.165, 1.54) is 5.56 Å². The van der Waals surface area contributed by atoms with E-state index in [0.717, 1.165) is 28.0 Å². The van der Waals surface area contributed by atoms with Gasteiger partial charge < -0.3 is 4.74 Å². The SMILES string of the molecule is COc1ccc2c(c1)CC(=Cc1ccc(C(C)(C)C)cc1)C2=O. The van der Waals surface area contributed by atoms with Gasteiger partial charge in [-0.2, -0.15) is 0 Å². The number of methoxy groups -OCH3 is 1. The molecule has 2 aromatic rings. The number of ketones is 1. The van der Waals surface area contributed by atoms with Crippen LogP contribution < -0.4 is 4.74 Å². The minimum atomic E-state index is 0.127. The molecule has 0 aromatic heterocycles. The second-order valence-corrected chi connectivity index (χ2v) is 7.07. The van der Waals surface area contributed by atoms with Gasteiger partial charge in [0.25, 0.3) is 0 Å². The number of ether oxygens (including phenoxy) is 1. The van der Waals surface area contributed by atoms with Crippen LogP contribution in [0.15, 0.2) is 48.0 Å².